The molecule has 1 saturated heterocycles. The Morgan fingerprint density at radius 1 is 1.29 bits per heavy atom. The van der Waals surface area contributed by atoms with Gasteiger partial charge >= 0.3 is 0 Å². The summed E-state index contributed by atoms with van der Waals surface area (Å²) >= 11 is 0. The quantitative estimate of drug-likeness (QED) is 0.785. The average molecular weight is 356 g/mol. The Morgan fingerprint density at radius 3 is 2.62 bits per heavy atom. The number of aliphatic hydroxyl groups is 1. The lowest BCUT2D eigenvalue weighted by Gasteiger charge is -2.18. The zero-order valence-corrected chi connectivity index (χ0v) is 15.7. The van der Waals surface area contributed by atoms with Gasteiger partial charge in [0, 0.05) is 39.6 Å². The second-order valence-electron chi connectivity index (χ2n) is 6.77. The van der Waals surface area contributed by atoms with Crippen LogP contribution in [-0.2, 0) is 10.0 Å². The van der Waals surface area contributed by atoms with E-state index in [1.54, 1.807) is 0 Å². The SMILES string of the molecule is Cc1ccc(OCCN2C[C@@H](CS(=O)(=O)N(C)C)[C@H](O)C2)c(C)c1. The van der Waals surface area contributed by atoms with Crippen molar-refractivity contribution in [3.63, 3.8) is 0 Å². The highest BCUT2D eigenvalue weighted by Gasteiger charge is 2.35. The predicted octanol–water partition coefficient (Wildman–Crippen LogP) is 0.866. The lowest BCUT2D eigenvalue weighted by molar-refractivity contribution is 0.145. The van der Waals surface area contributed by atoms with Gasteiger partial charge < -0.3 is 9.84 Å². The highest BCUT2D eigenvalue weighted by molar-refractivity contribution is 7.89. The molecule has 2 atom stereocenters. The number of hydrogen-bond acceptors (Lipinski definition) is 5. The van der Waals surface area contributed by atoms with E-state index in [9.17, 15) is 13.5 Å². The Hall–Kier alpha value is -1.15. The lowest BCUT2D eigenvalue weighted by atomic mass is 10.1. The smallest absolute Gasteiger partial charge is 0.214 e. The van der Waals surface area contributed by atoms with Crippen LogP contribution in [0.3, 0.4) is 0 Å². The molecule has 0 spiro atoms. The summed E-state index contributed by atoms with van der Waals surface area (Å²) in [5, 5.41) is 10.1. The molecular weight excluding hydrogens is 328 g/mol. The number of benzene rings is 1. The summed E-state index contributed by atoms with van der Waals surface area (Å²) in [5.74, 6) is 0.598. The van der Waals surface area contributed by atoms with Crippen LogP contribution in [0.2, 0.25) is 0 Å². The van der Waals surface area contributed by atoms with Crippen molar-refractivity contribution in [3.05, 3.63) is 29.3 Å². The molecule has 0 bridgehead atoms. The van der Waals surface area contributed by atoms with Crippen molar-refractivity contribution in [2.24, 2.45) is 5.92 Å². The van der Waals surface area contributed by atoms with Gasteiger partial charge in [-0.25, -0.2) is 12.7 Å². The first-order valence-electron chi connectivity index (χ1n) is 8.19. The minimum absolute atomic E-state index is 0.0183. The monoisotopic (exact) mass is 356 g/mol. The van der Waals surface area contributed by atoms with Crippen LogP contribution in [0.15, 0.2) is 18.2 Å². The fourth-order valence-electron chi connectivity index (χ4n) is 2.95. The van der Waals surface area contributed by atoms with Crippen molar-refractivity contribution >= 4 is 10.0 Å². The van der Waals surface area contributed by atoms with Gasteiger partial charge in [0.05, 0.1) is 11.9 Å². The highest BCUT2D eigenvalue weighted by atomic mass is 32.2. The van der Waals surface area contributed by atoms with Crippen LogP contribution in [0, 0.1) is 19.8 Å². The van der Waals surface area contributed by atoms with Crippen molar-refractivity contribution in [1.82, 2.24) is 9.21 Å². The Bertz CT molecular complexity index is 661. The van der Waals surface area contributed by atoms with Crippen molar-refractivity contribution < 1.29 is 18.3 Å². The predicted molar refractivity (Wildman–Crippen MR) is 94.8 cm³/mol. The first kappa shape index (κ1) is 19.2. The second kappa shape index (κ2) is 7.82. The molecule has 0 unspecified atom stereocenters. The lowest BCUT2D eigenvalue weighted by Crippen LogP contribution is -2.33. The van der Waals surface area contributed by atoms with Gasteiger partial charge in [-0.3, -0.25) is 4.90 Å². The van der Waals surface area contributed by atoms with E-state index in [2.05, 4.69) is 11.0 Å². The van der Waals surface area contributed by atoms with E-state index < -0.39 is 16.1 Å². The van der Waals surface area contributed by atoms with Crippen molar-refractivity contribution in [1.29, 1.82) is 0 Å². The molecule has 1 aromatic rings. The minimum atomic E-state index is -3.30. The molecule has 0 aliphatic carbocycles. The van der Waals surface area contributed by atoms with Gasteiger partial charge in [-0.05, 0) is 25.5 Å². The van der Waals surface area contributed by atoms with E-state index in [-0.39, 0.29) is 11.7 Å². The first-order chi connectivity index (χ1) is 11.2. The maximum atomic E-state index is 12.0. The summed E-state index contributed by atoms with van der Waals surface area (Å²) in [6, 6.07) is 6.07. The molecule has 0 saturated carbocycles. The Kier molecular flexibility index (Phi) is 6.25. The van der Waals surface area contributed by atoms with E-state index >= 15 is 0 Å². The standard InChI is InChI=1S/C17H28N2O4S/c1-13-5-6-17(14(2)9-13)23-8-7-19-10-15(16(20)11-19)12-24(21,22)18(3)4/h5-6,9,15-16,20H,7-8,10-12H2,1-4H3/t15-,16+/m0/s1. The topological polar surface area (TPSA) is 70.1 Å². The maximum absolute atomic E-state index is 12.0. The van der Waals surface area contributed by atoms with Crippen molar-refractivity contribution in [3.8, 4) is 5.75 Å². The second-order valence-corrected chi connectivity index (χ2v) is 8.99. The summed E-state index contributed by atoms with van der Waals surface area (Å²) in [5.41, 5.74) is 2.30. The number of ether oxygens (including phenoxy) is 1. The number of β-amino-alcohol motifs (C(OH)–C–C–N with tert-alkyl or cyclic N) is 1. The van der Waals surface area contributed by atoms with Gasteiger partial charge in [0.2, 0.25) is 10.0 Å². The van der Waals surface area contributed by atoms with Gasteiger partial charge in [-0.15, -0.1) is 0 Å². The third kappa shape index (κ3) is 4.92. The fraction of sp³-hybridized carbons (Fsp3) is 0.647. The van der Waals surface area contributed by atoms with Gasteiger partial charge in [-0.2, -0.15) is 0 Å². The third-order valence-corrected chi connectivity index (χ3v) is 6.42. The molecule has 0 aromatic heterocycles. The van der Waals surface area contributed by atoms with Crippen LogP contribution >= 0.6 is 0 Å². The fourth-order valence-corrected chi connectivity index (χ4v) is 4.12. The summed E-state index contributed by atoms with van der Waals surface area (Å²) < 4.78 is 31.0. The third-order valence-electron chi connectivity index (χ3n) is 4.46. The molecule has 0 amide bonds. The molecule has 1 aromatic carbocycles. The average Bonchev–Trinajstić information content (AvgIpc) is 2.80. The van der Waals surface area contributed by atoms with Crippen LogP contribution in [-0.4, -0.2) is 74.9 Å². The molecule has 1 aliphatic rings. The van der Waals surface area contributed by atoms with Crippen molar-refractivity contribution in [2.45, 2.75) is 20.0 Å². The van der Waals surface area contributed by atoms with Gasteiger partial charge in [0.1, 0.15) is 12.4 Å². The number of hydrogen-bond donors (Lipinski definition) is 1. The summed E-state index contributed by atoms with van der Waals surface area (Å²) in [7, 11) is -0.256. The molecule has 1 N–H and O–H groups in total. The van der Waals surface area contributed by atoms with E-state index in [0.717, 1.165) is 11.3 Å². The van der Waals surface area contributed by atoms with Crippen LogP contribution in [0.5, 0.6) is 5.75 Å². The summed E-state index contributed by atoms with van der Waals surface area (Å²) in [6.07, 6.45) is -0.610. The molecule has 1 fully saturated rings. The van der Waals surface area contributed by atoms with Crippen LogP contribution < -0.4 is 4.74 Å². The van der Waals surface area contributed by atoms with E-state index in [4.69, 9.17) is 4.74 Å². The maximum Gasteiger partial charge on any atom is 0.214 e. The number of aliphatic hydroxyl groups excluding tert-OH is 1. The molecule has 136 valence electrons. The number of aryl methyl sites for hydroxylation is 2. The van der Waals surface area contributed by atoms with Crippen LogP contribution in [0.1, 0.15) is 11.1 Å². The van der Waals surface area contributed by atoms with E-state index in [0.29, 0.717) is 26.2 Å². The van der Waals surface area contributed by atoms with Gasteiger partial charge in [0.15, 0.2) is 0 Å². The van der Waals surface area contributed by atoms with E-state index in [1.807, 2.05) is 26.0 Å². The molecule has 1 aliphatic heterocycles. The number of nitrogens with zero attached hydrogens (tertiary/aromatic N) is 2. The normalized spacial score (nSPS) is 22.2. The first-order valence-corrected chi connectivity index (χ1v) is 9.80. The summed E-state index contributed by atoms with van der Waals surface area (Å²) in [6.45, 7) is 6.31. The molecular formula is C17H28N2O4S. The zero-order valence-electron chi connectivity index (χ0n) is 14.9. The Labute approximate surface area is 145 Å². The van der Waals surface area contributed by atoms with Gasteiger partial charge in [0.25, 0.3) is 0 Å². The van der Waals surface area contributed by atoms with Crippen LogP contribution in [0.25, 0.3) is 0 Å². The molecule has 24 heavy (non-hydrogen) atoms. The Morgan fingerprint density at radius 2 is 2.00 bits per heavy atom. The molecule has 7 heteroatoms. The minimum Gasteiger partial charge on any atom is -0.492 e. The number of likely N-dealkylation sites (tertiary alicyclic amines) is 1. The Balaban J connectivity index is 1.82. The summed E-state index contributed by atoms with van der Waals surface area (Å²) in [4.78, 5) is 2.06. The highest BCUT2D eigenvalue weighted by Crippen LogP contribution is 2.21. The molecule has 2 rings (SSSR count). The molecule has 6 nitrogen and oxygen atoms in total. The largest absolute Gasteiger partial charge is 0.492 e. The number of sulfonamides is 1. The van der Waals surface area contributed by atoms with Crippen LogP contribution in [0.4, 0.5) is 0 Å². The van der Waals surface area contributed by atoms with Crippen molar-refractivity contribution in [2.75, 3.05) is 46.1 Å². The molecule has 0 radical (unpaired) electrons. The number of rotatable bonds is 7. The van der Waals surface area contributed by atoms with E-state index in [1.165, 1.54) is 24.0 Å². The molecule has 1 heterocycles. The zero-order chi connectivity index (χ0) is 17.9. The van der Waals surface area contributed by atoms with Gasteiger partial charge in [-0.1, -0.05) is 17.7 Å².